The van der Waals surface area contributed by atoms with Gasteiger partial charge < -0.3 is 20.2 Å². The van der Waals surface area contributed by atoms with Gasteiger partial charge >= 0.3 is 0 Å². The smallest absolute Gasteiger partial charge is 0.246 e. The van der Waals surface area contributed by atoms with Gasteiger partial charge in [-0.25, -0.2) is 0 Å². The van der Waals surface area contributed by atoms with Crippen molar-refractivity contribution in [2.24, 2.45) is 11.0 Å². The summed E-state index contributed by atoms with van der Waals surface area (Å²) in [4.78, 5) is 33.6. The van der Waals surface area contributed by atoms with Crippen LogP contribution >= 0.6 is 23.2 Å². The molecule has 0 aromatic heterocycles. The van der Waals surface area contributed by atoms with E-state index in [1.54, 1.807) is 17.1 Å². The minimum atomic E-state index is -0.326. The van der Waals surface area contributed by atoms with E-state index >= 15 is 0 Å². The van der Waals surface area contributed by atoms with Crippen molar-refractivity contribution < 1.29 is 19.1 Å². The second kappa shape index (κ2) is 11.0. The lowest BCUT2D eigenvalue weighted by Crippen LogP contribution is -2.34. The van der Waals surface area contributed by atoms with Gasteiger partial charge in [-0.3, -0.25) is 14.6 Å². The van der Waals surface area contributed by atoms with Crippen molar-refractivity contribution >= 4 is 52.8 Å². The molecular weight excluding hydrogens is 407 g/mol. The molecule has 1 heterocycles. The number of ether oxygens (including phenoxy) is 1. The van der Waals surface area contributed by atoms with Gasteiger partial charge in [0.2, 0.25) is 11.8 Å². The number of halogens is 2. The molecule has 0 saturated carbocycles. The van der Waals surface area contributed by atoms with Crippen LogP contribution in [0, 0.1) is 5.92 Å². The van der Waals surface area contributed by atoms with Gasteiger partial charge in [0.15, 0.2) is 0 Å². The number of amidine groups is 1. The van der Waals surface area contributed by atoms with E-state index in [9.17, 15) is 14.4 Å². The topological polar surface area (TPSA) is 100 Å². The predicted molar refractivity (Wildman–Crippen MR) is 108 cm³/mol. The van der Waals surface area contributed by atoms with Crippen molar-refractivity contribution in [2.45, 2.75) is 19.8 Å². The average molecular weight is 429 g/mol. The summed E-state index contributed by atoms with van der Waals surface area (Å²) in [5, 5.41) is 12.6. The summed E-state index contributed by atoms with van der Waals surface area (Å²) in [6.07, 6.45) is 1.30. The van der Waals surface area contributed by atoms with Crippen LogP contribution in [-0.4, -0.2) is 50.2 Å². The molecule has 8 nitrogen and oxygen atoms in total. The van der Waals surface area contributed by atoms with Gasteiger partial charge in [0.25, 0.3) is 0 Å². The highest BCUT2D eigenvalue weighted by atomic mass is 35.5. The zero-order chi connectivity index (χ0) is 20.5. The third kappa shape index (κ3) is 6.78. The van der Waals surface area contributed by atoms with Crippen LogP contribution in [0.15, 0.2) is 23.3 Å². The van der Waals surface area contributed by atoms with E-state index in [1.165, 1.54) is 0 Å². The van der Waals surface area contributed by atoms with Crippen LogP contribution in [0.1, 0.15) is 19.8 Å². The number of benzene rings is 1. The fourth-order valence-corrected chi connectivity index (χ4v) is 2.80. The molecule has 1 aliphatic rings. The van der Waals surface area contributed by atoms with Gasteiger partial charge in [-0.05, 0) is 24.6 Å². The number of carbonyl (C=O) groups excluding carboxylic acids is 3. The first-order chi connectivity index (χ1) is 13.4. The SMILES string of the molecule is CC1CN(c2ccc(Cl)c(Cl)c2)N=C1NC(=O)CCCNC(=O)COCC=O. The Morgan fingerprint density at radius 2 is 2.11 bits per heavy atom. The summed E-state index contributed by atoms with van der Waals surface area (Å²) in [5.74, 6) is 0.136. The number of anilines is 1. The van der Waals surface area contributed by atoms with Gasteiger partial charge in [-0.15, -0.1) is 0 Å². The summed E-state index contributed by atoms with van der Waals surface area (Å²) in [5.41, 5.74) is 0.796. The van der Waals surface area contributed by atoms with E-state index < -0.39 is 0 Å². The zero-order valence-corrected chi connectivity index (χ0v) is 16.9. The van der Waals surface area contributed by atoms with Crippen LogP contribution in [0.25, 0.3) is 0 Å². The van der Waals surface area contributed by atoms with E-state index in [0.717, 1.165) is 5.69 Å². The Bertz CT molecular complexity index is 757. The standard InChI is InChI=1S/C18H22Cl2N4O4/c1-12-10-24(13-4-5-14(19)15(20)9-13)23-18(12)22-16(26)3-2-6-21-17(27)11-28-8-7-25/h4-5,7,9,12H,2-3,6,8,10-11H2,1H3,(H,21,27)(H,22,23,26). The average Bonchev–Trinajstić information content (AvgIpc) is 3.02. The quantitative estimate of drug-likeness (QED) is 0.462. The molecule has 2 amide bonds. The van der Waals surface area contributed by atoms with Crippen molar-refractivity contribution in [3.8, 4) is 0 Å². The highest BCUT2D eigenvalue weighted by Gasteiger charge is 2.25. The molecule has 0 radical (unpaired) electrons. The number of rotatable bonds is 9. The lowest BCUT2D eigenvalue weighted by atomic mass is 10.1. The molecule has 2 N–H and O–H groups in total. The molecule has 1 aliphatic heterocycles. The highest BCUT2D eigenvalue weighted by molar-refractivity contribution is 6.42. The van der Waals surface area contributed by atoms with Crippen molar-refractivity contribution in [3.63, 3.8) is 0 Å². The van der Waals surface area contributed by atoms with E-state index in [1.807, 2.05) is 13.0 Å². The summed E-state index contributed by atoms with van der Waals surface area (Å²) in [6.45, 7) is 2.63. The summed E-state index contributed by atoms with van der Waals surface area (Å²) in [7, 11) is 0. The second-order valence-corrected chi connectivity index (χ2v) is 7.06. The Morgan fingerprint density at radius 1 is 1.32 bits per heavy atom. The van der Waals surface area contributed by atoms with Crippen LogP contribution < -0.4 is 15.6 Å². The second-order valence-electron chi connectivity index (χ2n) is 6.25. The molecule has 1 aromatic carbocycles. The van der Waals surface area contributed by atoms with Gasteiger partial charge in [0, 0.05) is 18.9 Å². The molecule has 0 spiro atoms. The summed E-state index contributed by atoms with van der Waals surface area (Å²) < 4.78 is 4.79. The predicted octanol–water partition coefficient (Wildman–Crippen LogP) is 1.99. The Hall–Kier alpha value is -2.16. The molecule has 28 heavy (non-hydrogen) atoms. The third-order valence-electron chi connectivity index (χ3n) is 3.93. The van der Waals surface area contributed by atoms with Crippen molar-refractivity contribution in [1.29, 1.82) is 0 Å². The number of hydrogen-bond acceptors (Lipinski definition) is 6. The molecule has 1 aromatic rings. The van der Waals surface area contributed by atoms with Crippen LogP contribution in [0.4, 0.5) is 5.69 Å². The Morgan fingerprint density at radius 3 is 2.82 bits per heavy atom. The maximum absolute atomic E-state index is 12.1. The van der Waals surface area contributed by atoms with Gasteiger partial charge in [-0.2, -0.15) is 5.10 Å². The Labute approximate surface area is 173 Å². The molecule has 0 bridgehead atoms. The number of aldehydes is 1. The molecule has 0 fully saturated rings. The van der Waals surface area contributed by atoms with Crippen molar-refractivity contribution in [1.82, 2.24) is 10.6 Å². The van der Waals surface area contributed by atoms with Gasteiger partial charge in [0.05, 0.1) is 22.3 Å². The minimum Gasteiger partial charge on any atom is -0.364 e. The third-order valence-corrected chi connectivity index (χ3v) is 4.67. The van der Waals surface area contributed by atoms with E-state index in [-0.39, 0.29) is 37.4 Å². The first-order valence-electron chi connectivity index (χ1n) is 8.79. The van der Waals surface area contributed by atoms with E-state index in [0.29, 0.717) is 41.7 Å². The van der Waals surface area contributed by atoms with E-state index in [2.05, 4.69) is 15.7 Å². The minimum absolute atomic E-state index is 0.0491. The highest BCUT2D eigenvalue weighted by Crippen LogP contribution is 2.29. The summed E-state index contributed by atoms with van der Waals surface area (Å²) in [6, 6.07) is 5.25. The molecule has 10 heteroatoms. The van der Waals surface area contributed by atoms with Gasteiger partial charge in [0.1, 0.15) is 25.3 Å². The molecule has 1 atom stereocenters. The largest absolute Gasteiger partial charge is 0.364 e. The van der Waals surface area contributed by atoms with E-state index in [4.69, 9.17) is 27.9 Å². The monoisotopic (exact) mass is 428 g/mol. The molecule has 0 saturated heterocycles. The first kappa shape index (κ1) is 22.1. The van der Waals surface area contributed by atoms with Crippen molar-refractivity contribution in [2.75, 3.05) is 31.3 Å². The normalized spacial score (nSPS) is 15.9. The maximum Gasteiger partial charge on any atom is 0.246 e. The number of amides is 2. The molecule has 152 valence electrons. The van der Waals surface area contributed by atoms with Crippen LogP contribution in [0.5, 0.6) is 0 Å². The van der Waals surface area contributed by atoms with Crippen molar-refractivity contribution in [3.05, 3.63) is 28.2 Å². The Kier molecular flexibility index (Phi) is 8.69. The lowest BCUT2D eigenvalue weighted by molar-refractivity contribution is -0.127. The zero-order valence-electron chi connectivity index (χ0n) is 15.4. The fourth-order valence-electron chi connectivity index (χ4n) is 2.51. The van der Waals surface area contributed by atoms with Gasteiger partial charge in [-0.1, -0.05) is 30.1 Å². The summed E-state index contributed by atoms with van der Waals surface area (Å²) >= 11 is 12.0. The van der Waals surface area contributed by atoms with Crippen LogP contribution in [0.3, 0.4) is 0 Å². The number of hydrazone groups is 1. The number of carbonyl (C=O) groups is 3. The maximum atomic E-state index is 12.1. The molecule has 2 rings (SSSR count). The number of nitrogens with zero attached hydrogens (tertiary/aromatic N) is 2. The Balaban J connectivity index is 1.76. The fraction of sp³-hybridized carbons (Fsp3) is 0.444. The van der Waals surface area contributed by atoms with Crippen LogP contribution in [-0.2, 0) is 19.1 Å². The number of hydrogen-bond donors (Lipinski definition) is 2. The van der Waals surface area contributed by atoms with Crippen LogP contribution in [0.2, 0.25) is 10.0 Å². The first-order valence-corrected chi connectivity index (χ1v) is 9.55. The molecular formula is C18H22Cl2N4O4. The molecule has 0 aliphatic carbocycles. The lowest BCUT2D eigenvalue weighted by Gasteiger charge is -2.14. The molecule has 1 unspecified atom stereocenters. The number of nitrogens with one attached hydrogen (secondary N) is 2.